The molecule has 0 rings (SSSR count). The molecule has 0 aliphatic carbocycles. The molecular formula is C52H99NO4. The SMILES string of the molecule is CCCCCCCCCCCCCCCC/C=C/CC/C=C/CC/C=C/C(O)C(CO)NC(=O)C(O)CCCCCCCCCCCCCCCCCCCCC. The first-order chi connectivity index (χ1) is 28.1. The Morgan fingerprint density at radius 1 is 0.421 bits per heavy atom. The quantitative estimate of drug-likeness (QED) is 0.0365. The Morgan fingerprint density at radius 3 is 1.07 bits per heavy atom. The Morgan fingerprint density at radius 2 is 0.719 bits per heavy atom. The van der Waals surface area contributed by atoms with Crippen LogP contribution < -0.4 is 5.32 Å². The molecule has 0 aromatic carbocycles. The van der Waals surface area contributed by atoms with Crippen LogP contribution in [0.3, 0.4) is 0 Å². The number of nitrogens with one attached hydrogen (secondary N) is 1. The molecule has 0 saturated carbocycles. The van der Waals surface area contributed by atoms with Gasteiger partial charge >= 0.3 is 0 Å². The Hall–Kier alpha value is -1.43. The third-order valence-corrected chi connectivity index (χ3v) is 11.7. The number of hydrogen-bond donors (Lipinski definition) is 4. The number of carbonyl (C=O) groups excluding carboxylic acids is 1. The zero-order valence-electron chi connectivity index (χ0n) is 38.2. The van der Waals surface area contributed by atoms with Crippen LogP contribution in [0.2, 0.25) is 0 Å². The monoisotopic (exact) mass is 802 g/mol. The lowest BCUT2D eigenvalue weighted by Crippen LogP contribution is -2.48. The Balaban J connectivity index is 3.67. The lowest BCUT2D eigenvalue weighted by atomic mass is 10.0. The van der Waals surface area contributed by atoms with Gasteiger partial charge in [-0.15, -0.1) is 0 Å². The van der Waals surface area contributed by atoms with Crippen molar-refractivity contribution >= 4 is 5.91 Å². The Labute approximate surface area is 355 Å². The maximum Gasteiger partial charge on any atom is 0.249 e. The van der Waals surface area contributed by atoms with E-state index < -0.39 is 24.2 Å². The van der Waals surface area contributed by atoms with E-state index in [9.17, 15) is 20.1 Å². The van der Waals surface area contributed by atoms with Crippen molar-refractivity contribution in [2.75, 3.05) is 6.61 Å². The summed E-state index contributed by atoms with van der Waals surface area (Å²) in [6.45, 7) is 4.19. The van der Waals surface area contributed by atoms with Gasteiger partial charge < -0.3 is 20.6 Å². The number of rotatable bonds is 46. The molecule has 0 aromatic rings. The largest absolute Gasteiger partial charge is 0.394 e. The van der Waals surface area contributed by atoms with Crippen molar-refractivity contribution in [1.82, 2.24) is 5.32 Å². The van der Waals surface area contributed by atoms with Gasteiger partial charge in [-0.2, -0.15) is 0 Å². The predicted molar refractivity (Wildman–Crippen MR) is 250 cm³/mol. The smallest absolute Gasteiger partial charge is 0.249 e. The lowest BCUT2D eigenvalue weighted by Gasteiger charge is -2.21. The highest BCUT2D eigenvalue weighted by atomic mass is 16.3. The molecule has 0 heterocycles. The van der Waals surface area contributed by atoms with Crippen molar-refractivity contribution in [2.24, 2.45) is 0 Å². The summed E-state index contributed by atoms with van der Waals surface area (Å²) in [5.74, 6) is -0.513. The summed E-state index contributed by atoms with van der Waals surface area (Å²) in [4.78, 5) is 12.5. The molecule has 5 heteroatoms. The number of carbonyl (C=O) groups is 1. The molecule has 0 aliphatic rings. The van der Waals surface area contributed by atoms with Crippen molar-refractivity contribution < 1.29 is 20.1 Å². The van der Waals surface area contributed by atoms with E-state index >= 15 is 0 Å². The van der Waals surface area contributed by atoms with E-state index in [0.29, 0.717) is 6.42 Å². The summed E-state index contributed by atoms with van der Waals surface area (Å²) in [6, 6.07) is -0.819. The van der Waals surface area contributed by atoms with Crippen molar-refractivity contribution in [3.63, 3.8) is 0 Å². The summed E-state index contributed by atoms with van der Waals surface area (Å²) in [5.41, 5.74) is 0. The first kappa shape index (κ1) is 55.6. The molecule has 0 saturated heterocycles. The number of aliphatic hydroxyl groups is 3. The minimum atomic E-state index is -1.11. The van der Waals surface area contributed by atoms with E-state index in [2.05, 4.69) is 43.5 Å². The summed E-state index contributed by atoms with van der Waals surface area (Å²) in [6.07, 6.45) is 60.6. The van der Waals surface area contributed by atoms with E-state index in [1.165, 1.54) is 199 Å². The number of allylic oxidation sites excluding steroid dienone is 5. The molecule has 3 unspecified atom stereocenters. The molecule has 4 N–H and O–H groups in total. The fourth-order valence-electron chi connectivity index (χ4n) is 7.75. The predicted octanol–water partition coefficient (Wildman–Crippen LogP) is 15.1. The highest BCUT2D eigenvalue weighted by Gasteiger charge is 2.22. The van der Waals surface area contributed by atoms with Crippen molar-refractivity contribution in [2.45, 2.75) is 283 Å². The van der Waals surface area contributed by atoms with Crippen LogP contribution in [0.25, 0.3) is 0 Å². The van der Waals surface area contributed by atoms with Crippen LogP contribution in [0.1, 0.15) is 264 Å². The molecule has 0 aromatic heterocycles. The molecule has 5 nitrogen and oxygen atoms in total. The third kappa shape index (κ3) is 42.5. The topological polar surface area (TPSA) is 89.8 Å². The van der Waals surface area contributed by atoms with Crippen molar-refractivity contribution in [1.29, 1.82) is 0 Å². The second kappa shape index (κ2) is 47.3. The highest BCUT2D eigenvalue weighted by molar-refractivity contribution is 5.80. The van der Waals surface area contributed by atoms with Crippen LogP contribution in [0.4, 0.5) is 0 Å². The molecule has 0 aliphatic heterocycles. The van der Waals surface area contributed by atoms with Gasteiger partial charge in [0.25, 0.3) is 0 Å². The van der Waals surface area contributed by atoms with E-state index in [0.717, 1.165) is 44.9 Å². The van der Waals surface area contributed by atoms with E-state index in [-0.39, 0.29) is 6.61 Å². The number of hydrogen-bond acceptors (Lipinski definition) is 4. The molecule has 1 amide bonds. The van der Waals surface area contributed by atoms with Crippen molar-refractivity contribution in [3.8, 4) is 0 Å². The third-order valence-electron chi connectivity index (χ3n) is 11.7. The lowest BCUT2D eigenvalue weighted by molar-refractivity contribution is -0.131. The highest BCUT2D eigenvalue weighted by Crippen LogP contribution is 2.16. The maximum absolute atomic E-state index is 12.5. The fourth-order valence-corrected chi connectivity index (χ4v) is 7.75. The molecular weight excluding hydrogens is 703 g/mol. The second-order valence-electron chi connectivity index (χ2n) is 17.4. The Kier molecular flexibility index (Phi) is 46.1. The van der Waals surface area contributed by atoms with Gasteiger partial charge in [-0.25, -0.2) is 0 Å². The first-order valence-corrected chi connectivity index (χ1v) is 25.3. The molecule has 336 valence electrons. The summed E-state index contributed by atoms with van der Waals surface area (Å²) in [5, 5.41) is 33.2. The van der Waals surface area contributed by atoms with Gasteiger partial charge in [-0.3, -0.25) is 4.79 Å². The molecule has 0 spiro atoms. The molecule has 3 atom stereocenters. The zero-order valence-corrected chi connectivity index (χ0v) is 38.2. The average molecular weight is 802 g/mol. The van der Waals surface area contributed by atoms with Crippen LogP contribution >= 0.6 is 0 Å². The summed E-state index contributed by atoms with van der Waals surface area (Å²) >= 11 is 0. The van der Waals surface area contributed by atoms with E-state index in [1.807, 2.05) is 6.08 Å². The maximum atomic E-state index is 12.5. The number of unbranched alkanes of at least 4 members (excludes halogenated alkanes) is 34. The molecule has 0 bridgehead atoms. The van der Waals surface area contributed by atoms with Crippen LogP contribution in [0.15, 0.2) is 36.5 Å². The molecule has 0 radical (unpaired) electrons. The zero-order chi connectivity index (χ0) is 41.5. The average Bonchev–Trinajstić information content (AvgIpc) is 3.22. The van der Waals surface area contributed by atoms with Gasteiger partial charge in [0.1, 0.15) is 6.10 Å². The van der Waals surface area contributed by atoms with Gasteiger partial charge in [0.15, 0.2) is 0 Å². The first-order valence-electron chi connectivity index (χ1n) is 25.3. The van der Waals surface area contributed by atoms with Gasteiger partial charge in [-0.1, -0.05) is 256 Å². The fraction of sp³-hybridized carbons (Fsp3) is 0.865. The minimum Gasteiger partial charge on any atom is -0.394 e. The molecule has 0 fully saturated rings. The van der Waals surface area contributed by atoms with E-state index in [4.69, 9.17) is 0 Å². The minimum absolute atomic E-state index is 0.379. The van der Waals surface area contributed by atoms with Gasteiger partial charge in [0, 0.05) is 0 Å². The Bertz CT molecular complexity index is 885. The normalized spacial score (nSPS) is 13.7. The van der Waals surface area contributed by atoms with Gasteiger partial charge in [0.05, 0.1) is 18.8 Å². The standard InChI is InChI=1S/C52H99NO4/c1-3-5-7-9-11-13-15-17-19-21-23-24-25-26-27-29-30-32-34-36-38-40-42-44-46-50(55)49(48-54)53-52(57)51(56)47-45-43-41-39-37-35-33-31-28-22-20-18-16-14-12-10-8-6-4-2/h29-30,36,38,44,46,49-51,54-56H,3-28,31-35,37,39-43,45,47-48H2,1-2H3,(H,53,57)/b30-29+,38-36+,46-44+. The van der Waals surface area contributed by atoms with Crippen LogP contribution in [0.5, 0.6) is 0 Å². The van der Waals surface area contributed by atoms with Gasteiger partial charge in [-0.05, 0) is 44.9 Å². The van der Waals surface area contributed by atoms with Crippen LogP contribution in [-0.4, -0.2) is 46.1 Å². The van der Waals surface area contributed by atoms with Gasteiger partial charge in [0.2, 0.25) is 5.91 Å². The molecule has 57 heavy (non-hydrogen) atoms. The second-order valence-corrected chi connectivity index (χ2v) is 17.4. The number of aliphatic hydroxyl groups excluding tert-OH is 3. The van der Waals surface area contributed by atoms with E-state index in [1.54, 1.807) is 6.08 Å². The van der Waals surface area contributed by atoms with Crippen LogP contribution in [-0.2, 0) is 4.79 Å². The van der Waals surface area contributed by atoms with Crippen molar-refractivity contribution in [3.05, 3.63) is 36.5 Å². The summed E-state index contributed by atoms with van der Waals surface area (Å²) < 4.78 is 0. The van der Waals surface area contributed by atoms with Crippen LogP contribution in [0, 0.1) is 0 Å². The summed E-state index contributed by atoms with van der Waals surface area (Å²) in [7, 11) is 0. The number of amides is 1.